The molecule has 1 amide bonds. The number of benzene rings is 2. The summed E-state index contributed by atoms with van der Waals surface area (Å²) in [6.07, 6.45) is 0.824. The van der Waals surface area contributed by atoms with Crippen molar-refractivity contribution in [2.45, 2.75) is 50.7 Å². The van der Waals surface area contributed by atoms with Crippen LogP contribution in [0.5, 0.6) is 0 Å². The molecular formula is C25H31NO5S. The molecule has 0 aliphatic heterocycles. The van der Waals surface area contributed by atoms with Gasteiger partial charge in [-0.1, -0.05) is 62.4 Å². The molecule has 172 valence electrons. The van der Waals surface area contributed by atoms with E-state index < -0.39 is 23.7 Å². The van der Waals surface area contributed by atoms with Gasteiger partial charge in [0.25, 0.3) is 0 Å². The second-order valence-corrected chi connectivity index (χ2v) is 9.24. The quantitative estimate of drug-likeness (QED) is 0.425. The highest BCUT2D eigenvalue weighted by molar-refractivity contribution is 7.99. The van der Waals surface area contributed by atoms with Crippen LogP contribution in [0.3, 0.4) is 0 Å². The number of amides is 1. The standard InChI is InChI=1S/C25H31NO5S/c1-3-25(30,4-2)16-32-14-13-22(23(27)28)26-24(29)31-15-21-19-11-7-5-9-17(19)18-10-6-8-12-20(18)21/h5-12,21-22,30H,3-4,13-16H2,1-2H3,(H,26,29)(H,27,28). The molecule has 32 heavy (non-hydrogen) atoms. The number of carbonyl (C=O) groups is 2. The maximum absolute atomic E-state index is 12.4. The molecule has 1 atom stereocenters. The van der Waals surface area contributed by atoms with Gasteiger partial charge in [-0.15, -0.1) is 0 Å². The summed E-state index contributed by atoms with van der Waals surface area (Å²) in [4.78, 5) is 24.0. The fraction of sp³-hybridized carbons (Fsp3) is 0.440. The number of fused-ring (bicyclic) bond motifs is 3. The van der Waals surface area contributed by atoms with E-state index in [1.54, 1.807) is 0 Å². The van der Waals surface area contributed by atoms with Gasteiger partial charge in [-0.25, -0.2) is 9.59 Å². The number of hydrogen-bond donors (Lipinski definition) is 3. The lowest BCUT2D eigenvalue weighted by Crippen LogP contribution is -2.42. The highest BCUT2D eigenvalue weighted by Gasteiger charge is 2.30. The Balaban J connectivity index is 1.53. The van der Waals surface area contributed by atoms with Gasteiger partial charge in [0.05, 0.1) is 5.60 Å². The Kier molecular flexibility index (Phi) is 8.21. The molecule has 0 heterocycles. The van der Waals surface area contributed by atoms with E-state index in [9.17, 15) is 19.8 Å². The van der Waals surface area contributed by atoms with Gasteiger partial charge in [0.1, 0.15) is 12.6 Å². The van der Waals surface area contributed by atoms with Crippen LogP contribution in [0.15, 0.2) is 48.5 Å². The summed E-state index contributed by atoms with van der Waals surface area (Å²) in [5.41, 5.74) is 3.75. The lowest BCUT2D eigenvalue weighted by Gasteiger charge is -2.24. The Morgan fingerprint density at radius 3 is 2.16 bits per heavy atom. The maximum Gasteiger partial charge on any atom is 0.407 e. The van der Waals surface area contributed by atoms with Crippen molar-refractivity contribution in [2.24, 2.45) is 0 Å². The van der Waals surface area contributed by atoms with Crippen molar-refractivity contribution >= 4 is 23.8 Å². The molecule has 0 spiro atoms. The molecule has 0 aromatic heterocycles. The lowest BCUT2D eigenvalue weighted by atomic mass is 9.98. The number of thioether (sulfide) groups is 1. The zero-order valence-electron chi connectivity index (χ0n) is 18.5. The van der Waals surface area contributed by atoms with Gasteiger partial charge in [0.15, 0.2) is 0 Å². The normalized spacial score (nSPS) is 13.8. The van der Waals surface area contributed by atoms with Gasteiger partial charge in [0.2, 0.25) is 0 Å². The molecule has 1 aliphatic carbocycles. The molecule has 2 aromatic rings. The predicted octanol–water partition coefficient (Wildman–Crippen LogP) is 4.65. The minimum atomic E-state index is -1.10. The first kappa shape index (κ1) is 24.1. The van der Waals surface area contributed by atoms with Crippen molar-refractivity contribution in [3.05, 3.63) is 59.7 Å². The molecule has 2 aromatic carbocycles. The first-order chi connectivity index (χ1) is 15.4. The highest BCUT2D eigenvalue weighted by atomic mass is 32.2. The van der Waals surface area contributed by atoms with Crippen molar-refractivity contribution in [3.63, 3.8) is 0 Å². The van der Waals surface area contributed by atoms with Crippen LogP contribution < -0.4 is 5.32 Å². The number of carbonyl (C=O) groups excluding carboxylic acids is 1. The largest absolute Gasteiger partial charge is 0.480 e. The van der Waals surface area contributed by atoms with E-state index in [2.05, 4.69) is 17.4 Å². The van der Waals surface area contributed by atoms with Crippen molar-refractivity contribution in [1.82, 2.24) is 5.32 Å². The number of alkyl carbamates (subject to hydrolysis) is 1. The van der Waals surface area contributed by atoms with E-state index in [4.69, 9.17) is 4.74 Å². The summed E-state index contributed by atoms with van der Waals surface area (Å²) < 4.78 is 5.46. The number of aliphatic carboxylic acids is 1. The van der Waals surface area contributed by atoms with E-state index in [0.29, 0.717) is 24.3 Å². The second kappa shape index (κ2) is 10.9. The Morgan fingerprint density at radius 1 is 1.06 bits per heavy atom. The van der Waals surface area contributed by atoms with Crippen molar-refractivity contribution in [1.29, 1.82) is 0 Å². The van der Waals surface area contributed by atoms with Crippen LogP contribution in [0.25, 0.3) is 11.1 Å². The third-order valence-corrected chi connectivity index (χ3v) is 7.44. The van der Waals surface area contributed by atoms with Crippen LogP contribution in [0.4, 0.5) is 4.79 Å². The van der Waals surface area contributed by atoms with Crippen molar-refractivity contribution in [2.75, 3.05) is 18.1 Å². The summed E-state index contributed by atoms with van der Waals surface area (Å²) in [5.74, 6) is -0.117. The molecule has 0 saturated carbocycles. The van der Waals surface area contributed by atoms with Crippen molar-refractivity contribution < 1.29 is 24.5 Å². The number of rotatable bonds is 11. The summed E-state index contributed by atoms with van der Waals surface area (Å²) in [6.45, 7) is 4.01. The lowest BCUT2D eigenvalue weighted by molar-refractivity contribution is -0.139. The summed E-state index contributed by atoms with van der Waals surface area (Å²) >= 11 is 1.50. The number of hydrogen-bond acceptors (Lipinski definition) is 5. The SMILES string of the molecule is CCC(O)(CC)CSCCC(NC(=O)OCC1c2ccccc2-c2ccccc21)C(=O)O. The third kappa shape index (κ3) is 5.64. The van der Waals surface area contributed by atoms with Crippen LogP contribution in [0, 0.1) is 0 Å². The Hall–Kier alpha value is -2.51. The zero-order valence-corrected chi connectivity index (χ0v) is 19.4. The minimum Gasteiger partial charge on any atom is -0.480 e. The molecule has 0 fully saturated rings. The van der Waals surface area contributed by atoms with E-state index in [-0.39, 0.29) is 18.9 Å². The van der Waals surface area contributed by atoms with E-state index in [1.165, 1.54) is 11.8 Å². The monoisotopic (exact) mass is 457 g/mol. The molecule has 3 N–H and O–H groups in total. The van der Waals surface area contributed by atoms with Gasteiger partial charge in [-0.3, -0.25) is 0 Å². The minimum absolute atomic E-state index is 0.0762. The molecule has 1 aliphatic rings. The zero-order chi connectivity index (χ0) is 23.1. The third-order valence-electron chi connectivity index (χ3n) is 6.17. The number of nitrogens with one attached hydrogen (secondary N) is 1. The number of ether oxygens (including phenoxy) is 1. The Morgan fingerprint density at radius 2 is 1.62 bits per heavy atom. The van der Waals surface area contributed by atoms with Crippen LogP contribution in [-0.4, -0.2) is 52.0 Å². The van der Waals surface area contributed by atoms with Crippen LogP contribution >= 0.6 is 11.8 Å². The topological polar surface area (TPSA) is 95.9 Å². The van der Waals surface area contributed by atoms with Gasteiger partial charge < -0.3 is 20.3 Å². The predicted molar refractivity (Wildman–Crippen MR) is 127 cm³/mol. The molecule has 0 radical (unpaired) electrons. The molecule has 6 nitrogen and oxygen atoms in total. The van der Waals surface area contributed by atoms with Gasteiger partial charge in [-0.05, 0) is 47.3 Å². The first-order valence-electron chi connectivity index (χ1n) is 11.0. The molecular weight excluding hydrogens is 426 g/mol. The van der Waals surface area contributed by atoms with E-state index >= 15 is 0 Å². The van der Waals surface area contributed by atoms with Crippen molar-refractivity contribution in [3.8, 4) is 11.1 Å². The summed E-state index contributed by atoms with van der Waals surface area (Å²) in [7, 11) is 0. The molecule has 3 rings (SSSR count). The van der Waals surface area contributed by atoms with Crippen LogP contribution in [-0.2, 0) is 9.53 Å². The molecule has 7 heteroatoms. The van der Waals surface area contributed by atoms with E-state index in [0.717, 1.165) is 22.3 Å². The number of aliphatic hydroxyl groups is 1. The fourth-order valence-corrected chi connectivity index (χ4v) is 5.29. The molecule has 0 bridgehead atoms. The van der Waals surface area contributed by atoms with Crippen LogP contribution in [0.2, 0.25) is 0 Å². The number of carboxylic acid groups (broad SMARTS) is 1. The second-order valence-electron chi connectivity index (χ2n) is 8.13. The number of carboxylic acids is 1. The average molecular weight is 458 g/mol. The fourth-order valence-electron chi connectivity index (χ4n) is 3.96. The Labute approximate surface area is 193 Å². The van der Waals surface area contributed by atoms with Gasteiger partial charge in [0, 0.05) is 11.7 Å². The van der Waals surface area contributed by atoms with Crippen LogP contribution in [0.1, 0.15) is 50.2 Å². The summed E-state index contributed by atoms with van der Waals surface area (Å²) in [6, 6.07) is 15.1. The highest BCUT2D eigenvalue weighted by Crippen LogP contribution is 2.44. The smallest absolute Gasteiger partial charge is 0.407 e. The molecule has 0 saturated heterocycles. The first-order valence-corrected chi connectivity index (χ1v) is 12.2. The van der Waals surface area contributed by atoms with E-state index in [1.807, 2.05) is 50.2 Å². The Bertz CT molecular complexity index is 898. The van der Waals surface area contributed by atoms with Gasteiger partial charge >= 0.3 is 12.1 Å². The van der Waals surface area contributed by atoms with Gasteiger partial charge in [-0.2, -0.15) is 11.8 Å². The molecule has 1 unspecified atom stereocenters. The summed E-state index contributed by atoms with van der Waals surface area (Å²) in [5, 5.41) is 22.3. The average Bonchev–Trinajstić information content (AvgIpc) is 3.13. The maximum atomic E-state index is 12.4.